The second kappa shape index (κ2) is 5.75. The van der Waals surface area contributed by atoms with E-state index in [1.165, 1.54) is 0 Å². The zero-order chi connectivity index (χ0) is 12.5. The Morgan fingerprint density at radius 3 is 2.61 bits per heavy atom. The van der Waals surface area contributed by atoms with Crippen LogP contribution in [0.15, 0.2) is 0 Å². The van der Waals surface area contributed by atoms with E-state index in [9.17, 15) is 13.2 Å². The molecule has 2 heterocycles. The number of piperidine rings is 1. The highest BCUT2D eigenvalue weighted by molar-refractivity contribution is 7.91. The Morgan fingerprint density at radius 2 is 2.11 bits per heavy atom. The first-order chi connectivity index (χ1) is 7.91. The van der Waals surface area contributed by atoms with Gasteiger partial charge in [-0.2, -0.15) is 0 Å². The molecule has 0 aliphatic carbocycles. The molecule has 0 spiro atoms. The van der Waals surface area contributed by atoms with Crippen molar-refractivity contribution in [2.45, 2.75) is 44.2 Å². The third-order valence-electron chi connectivity index (χ3n) is 3.69. The summed E-state index contributed by atoms with van der Waals surface area (Å²) in [5, 5.41) is 6.09. The Kier molecular flexibility index (Phi) is 5.03. The molecular weight excluding hydrogens is 276 g/mol. The molecule has 2 N–H and O–H groups in total. The topological polar surface area (TPSA) is 75.3 Å². The van der Waals surface area contributed by atoms with Crippen LogP contribution in [0.25, 0.3) is 0 Å². The van der Waals surface area contributed by atoms with Crippen molar-refractivity contribution in [3.8, 4) is 0 Å². The monoisotopic (exact) mass is 296 g/mol. The molecule has 7 heteroatoms. The number of hydrogen-bond donors (Lipinski definition) is 2. The molecule has 5 nitrogen and oxygen atoms in total. The Bertz CT molecular complexity index is 405. The number of nitrogens with one attached hydrogen (secondary N) is 2. The van der Waals surface area contributed by atoms with Gasteiger partial charge in [0.1, 0.15) is 0 Å². The lowest BCUT2D eigenvalue weighted by atomic mass is 9.90. The van der Waals surface area contributed by atoms with Crippen LogP contribution in [-0.4, -0.2) is 44.0 Å². The number of carbonyl (C=O) groups excluding carboxylic acids is 1. The summed E-state index contributed by atoms with van der Waals surface area (Å²) in [6, 6.07) is -0.201. The van der Waals surface area contributed by atoms with Crippen LogP contribution in [0.2, 0.25) is 0 Å². The molecule has 0 saturated carbocycles. The second-order valence-electron chi connectivity index (χ2n) is 5.29. The van der Waals surface area contributed by atoms with Gasteiger partial charge in [-0.1, -0.05) is 0 Å². The maximum absolute atomic E-state index is 12.1. The molecule has 2 aliphatic rings. The number of sulfone groups is 1. The average molecular weight is 297 g/mol. The molecule has 2 aliphatic heterocycles. The third kappa shape index (κ3) is 3.59. The molecule has 0 bridgehead atoms. The lowest BCUT2D eigenvalue weighted by Crippen LogP contribution is -2.58. The maximum atomic E-state index is 12.1. The lowest BCUT2D eigenvalue weighted by molar-refractivity contribution is -0.128. The summed E-state index contributed by atoms with van der Waals surface area (Å²) in [4.78, 5) is 12.1. The first-order valence-corrected chi connectivity index (χ1v) is 8.00. The van der Waals surface area contributed by atoms with Gasteiger partial charge in [-0.25, -0.2) is 8.42 Å². The Labute approximate surface area is 114 Å². The van der Waals surface area contributed by atoms with Crippen LogP contribution in [-0.2, 0) is 14.6 Å². The first kappa shape index (κ1) is 15.7. The van der Waals surface area contributed by atoms with E-state index in [0.29, 0.717) is 6.42 Å². The van der Waals surface area contributed by atoms with E-state index in [-0.39, 0.29) is 35.9 Å². The average Bonchev–Trinajstić information content (AvgIpc) is 2.59. The predicted molar refractivity (Wildman–Crippen MR) is 72.7 cm³/mol. The van der Waals surface area contributed by atoms with Crippen molar-refractivity contribution in [1.82, 2.24) is 10.6 Å². The van der Waals surface area contributed by atoms with Crippen molar-refractivity contribution in [1.29, 1.82) is 0 Å². The summed E-state index contributed by atoms with van der Waals surface area (Å²) in [6.45, 7) is 2.75. The Balaban J connectivity index is 0.00000162. The molecule has 2 rings (SSSR count). The molecule has 1 amide bonds. The fourth-order valence-electron chi connectivity index (χ4n) is 2.50. The van der Waals surface area contributed by atoms with Gasteiger partial charge in [-0.3, -0.25) is 4.79 Å². The quantitative estimate of drug-likeness (QED) is 0.766. The molecule has 2 saturated heterocycles. The minimum Gasteiger partial charge on any atom is -0.351 e. The van der Waals surface area contributed by atoms with Crippen LogP contribution in [0, 0.1) is 0 Å². The Hall–Kier alpha value is -0.330. The van der Waals surface area contributed by atoms with Crippen molar-refractivity contribution in [2.24, 2.45) is 0 Å². The SMILES string of the molecule is CC1(C(=O)NC2CCS(=O)(=O)C2)CCCCN1.Cl. The van der Waals surface area contributed by atoms with E-state index in [1.807, 2.05) is 6.92 Å². The highest BCUT2D eigenvalue weighted by atomic mass is 35.5. The van der Waals surface area contributed by atoms with Crippen molar-refractivity contribution in [3.63, 3.8) is 0 Å². The molecular formula is C11H21ClN2O3S. The normalized spacial score (nSPS) is 34.6. The number of amides is 1. The smallest absolute Gasteiger partial charge is 0.240 e. The van der Waals surface area contributed by atoms with E-state index in [1.54, 1.807) is 0 Å². The molecule has 106 valence electrons. The van der Waals surface area contributed by atoms with Gasteiger partial charge < -0.3 is 10.6 Å². The highest BCUT2D eigenvalue weighted by Crippen LogP contribution is 2.20. The first-order valence-electron chi connectivity index (χ1n) is 6.18. The molecule has 0 aromatic rings. The van der Waals surface area contributed by atoms with Crippen LogP contribution in [0.1, 0.15) is 32.6 Å². The zero-order valence-electron chi connectivity index (χ0n) is 10.6. The summed E-state index contributed by atoms with van der Waals surface area (Å²) in [5.74, 6) is 0.232. The van der Waals surface area contributed by atoms with Gasteiger partial charge in [-0.15, -0.1) is 12.4 Å². The standard InChI is InChI=1S/C11H20N2O3S.ClH/c1-11(5-2-3-6-12-11)10(14)13-9-4-7-17(15,16)8-9;/h9,12H,2-8H2,1H3,(H,13,14);1H. The summed E-state index contributed by atoms with van der Waals surface area (Å²) in [6.07, 6.45) is 3.50. The van der Waals surface area contributed by atoms with Crippen molar-refractivity contribution in [3.05, 3.63) is 0 Å². The van der Waals surface area contributed by atoms with Crippen LogP contribution in [0.4, 0.5) is 0 Å². The van der Waals surface area contributed by atoms with Crippen LogP contribution in [0.5, 0.6) is 0 Å². The maximum Gasteiger partial charge on any atom is 0.240 e. The molecule has 2 atom stereocenters. The van der Waals surface area contributed by atoms with Crippen molar-refractivity contribution in [2.75, 3.05) is 18.1 Å². The number of carbonyl (C=O) groups is 1. The molecule has 0 radical (unpaired) electrons. The van der Waals surface area contributed by atoms with E-state index < -0.39 is 15.4 Å². The van der Waals surface area contributed by atoms with E-state index in [2.05, 4.69) is 10.6 Å². The van der Waals surface area contributed by atoms with Crippen molar-refractivity contribution >= 4 is 28.2 Å². The second-order valence-corrected chi connectivity index (χ2v) is 7.52. The van der Waals surface area contributed by atoms with Gasteiger partial charge in [-0.05, 0) is 39.2 Å². The van der Waals surface area contributed by atoms with Gasteiger partial charge in [0.15, 0.2) is 9.84 Å². The number of halogens is 1. The van der Waals surface area contributed by atoms with Gasteiger partial charge >= 0.3 is 0 Å². The van der Waals surface area contributed by atoms with Crippen LogP contribution >= 0.6 is 12.4 Å². The van der Waals surface area contributed by atoms with E-state index in [0.717, 1.165) is 25.8 Å². The van der Waals surface area contributed by atoms with Gasteiger partial charge in [0, 0.05) is 6.04 Å². The fourth-order valence-corrected chi connectivity index (χ4v) is 4.18. The number of rotatable bonds is 2. The largest absolute Gasteiger partial charge is 0.351 e. The van der Waals surface area contributed by atoms with E-state index in [4.69, 9.17) is 0 Å². The zero-order valence-corrected chi connectivity index (χ0v) is 12.2. The Morgan fingerprint density at radius 1 is 1.39 bits per heavy atom. The minimum atomic E-state index is -2.93. The fraction of sp³-hybridized carbons (Fsp3) is 0.909. The molecule has 18 heavy (non-hydrogen) atoms. The minimum absolute atomic E-state index is 0. The summed E-state index contributed by atoms with van der Waals surface area (Å²) in [5.41, 5.74) is -0.523. The predicted octanol–water partition coefficient (Wildman–Crippen LogP) is 0.244. The van der Waals surface area contributed by atoms with Gasteiger partial charge in [0.2, 0.25) is 5.91 Å². The summed E-state index contributed by atoms with van der Waals surface area (Å²) in [7, 11) is -2.93. The summed E-state index contributed by atoms with van der Waals surface area (Å²) >= 11 is 0. The van der Waals surface area contributed by atoms with Crippen LogP contribution < -0.4 is 10.6 Å². The van der Waals surface area contributed by atoms with Gasteiger partial charge in [0.05, 0.1) is 17.0 Å². The molecule has 0 aromatic heterocycles. The third-order valence-corrected chi connectivity index (χ3v) is 5.46. The van der Waals surface area contributed by atoms with E-state index >= 15 is 0 Å². The van der Waals surface area contributed by atoms with Crippen molar-refractivity contribution < 1.29 is 13.2 Å². The highest BCUT2D eigenvalue weighted by Gasteiger charge is 2.37. The molecule has 0 aromatic carbocycles. The van der Waals surface area contributed by atoms with Crippen LogP contribution in [0.3, 0.4) is 0 Å². The number of hydrogen-bond acceptors (Lipinski definition) is 4. The lowest BCUT2D eigenvalue weighted by Gasteiger charge is -2.34. The summed E-state index contributed by atoms with van der Waals surface area (Å²) < 4.78 is 22.6. The molecule has 2 unspecified atom stereocenters. The van der Waals surface area contributed by atoms with Gasteiger partial charge in [0.25, 0.3) is 0 Å². The molecule has 2 fully saturated rings.